The first kappa shape index (κ1) is 20.1. The normalized spacial score (nSPS) is 17.3. The molecule has 0 bridgehead atoms. The largest absolute Gasteiger partial charge is 0.364 e. The first-order valence-corrected chi connectivity index (χ1v) is 9.81. The molecule has 0 aliphatic carbocycles. The molecule has 7 nitrogen and oxygen atoms in total. The van der Waals surface area contributed by atoms with Crippen LogP contribution in [0.15, 0.2) is 42.9 Å². The Morgan fingerprint density at radius 3 is 2.80 bits per heavy atom. The lowest BCUT2D eigenvalue weighted by Gasteiger charge is -2.41. The zero-order valence-electron chi connectivity index (χ0n) is 16.6. The summed E-state index contributed by atoms with van der Waals surface area (Å²) in [6, 6.07) is 5.21. The molecule has 1 unspecified atom stereocenters. The molecule has 30 heavy (non-hydrogen) atoms. The Morgan fingerprint density at radius 1 is 1.23 bits per heavy atom. The van der Waals surface area contributed by atoms with Crippen molar-refractivity contribution in [3.63, 3.8) is 0 Å². The van der Waals surface area contributed by atoms with Crippen LogP contribution in [0.5, 0.6) is 0 Å². The molecule has 3 heterocycles. The van der Waals surface area contributed by atoms with Crippen molar-refractivity contribution in [1.29, 1.82) is 0 Å². The van der Waals surface area contributed by atoms with Crippen LogP contribution in [0.4, 0.5) is 14.5 Å². The zero-order valence-corrected chi connectivity index (χ0v) is 16.6. The summed E-state index contributed by atoms with van der Waals surface area (Å²) in [7, 11) is 0. The van der Waals surface area contributed by atoms with Gasteiger partial charge < -0.3 is 4.90 Å². The number of halogens is 2. The maximum atomic E-state index is 14.1. The number of aromatic nitrogens is 4. The molecule has 9 heteroatoms. The molecule has 0 saturated carbocycles. The number of rotatable bonds is 6. The van der Waals surface area contributed by atoms with Gasteiger partial charge in [-0.3, -0.25) is 14.8 Å². The van der Waals surface area contributed by atoms with Crippen molar-refractivity contribution >= 4 is 11.5 Å². The fourth-order valence-corrected chi connectivity index (χ4v) is 3.79. The minimum Gasteiger partial charge on any atom is -0.364 e. The molecule has 1 N–H and O–H groups in total. The number of hydrogen-bond donors (Lipinski definition) is 1. The van der Waals surface area contributed by atoms with Crippen molar-refractivity contribution in [2.24, 2.45) is 0 Å². The van der Waals surface area contributed by atoms with E-state index in [0.29, 0.717) is 49.7 Å². The Labute approximate surface area is 172 Å². The number of benzene rings is 1. The fraction of sp³-hybridized carbons (Fsp3) is 0.333. The molecule has 4 rings (SSSR count). The molecule has 1 aromatic carbocycles. The van der Waals surface area contributed by atoms with E-state index in [1.807, 2.05) is 11.8 Å². The molecule has 1 aliphatic heterocycles. The van der Waals surface area contributed by atoms with E-state index in [9.17, 15) is 13.6 Å². The summed E-state index contributed by atoms with van der Waals surface area (Å²) in [6.45, 7) is 4.42. The molecular weight excluding hydrogens is 390 g/mol. The highest BCUT2D eigenvalue weighted by Gasteiger charge is 2.27. The van der Waals surface area contributed by atoms with Crippen LogP contribution in [0.25, 0.3) is 11.5 Å². The second-order valence-electron chi connectivity index (χ2n) is 7.34. The smallest absolute Gasteiger partial charge is 0.178 e. The molecule has 3 aromatic rings. The van der Waals surface area contributed by atoms with Crippen LogP contribution in [-0.2, 0) is 0 Å². The van der Waals surface area contributed by atoms with Gasteiger partial charge >= 0.3 is 0 Å². The van der Waals surface area contributed by atoms with Crippen LogP contribution in [0.2, 0.25) is 0 Å². The summed E-state index contributed by atoms with van der Waals surface area (Å²) < 4.78 is 27.7. The summed E-state index contributed by atoms with van der Waals surface area (Å²) >= 11 is 0. The molecule has 156 valence electrons. The third-order valence-corrected chi connectivity index (χ3v) is 5.31. The summed E-state index contributed by atoms with van der Waals surface area (Å²) in [6.07, 6.45) is 5.04. The van der Waals surface area contributed by atoms with Gasteiger partial charge in [0.1, 0.15) is 17.3 Å². The Bertz CT molecular complexity index is 1030. The number of ketones is 1. The molecule has 1 saturated heterocycles. The van der Waals surface area contributed by atoms with Crippen LogP contribution < -0.4 is 4.90 Å². The van der Waals surface area contributed by atoms with Gasteiger partial charge in [-0.15, -0.1) is 0 Å². The number of carbonyl (C=O) groups is 1. The number of carbonyl (C=O) groups excluding carboxylic acids is 1. The molecule has 1 fully saturated rings. The molecule has 0 radical (unpaired) electrons. The predicted octanol–water partition coefficient (Wildman–Crippen LogP) is 2.93. The standard InChI is InChI=1S/C21H22F2N6O/c1-14-13-28(9-10-29(14)18-11-15(22)3-4-17(18)23)8-5-19(30)16-12-26-27-20(16)21-24-6-2-7-25-21/h2-4,6-7,11-12,14H,5,8-10,13H2,1H3,(H,26,27). The number of H-pyrrole nitrogens is 1. The fourth-order valence-electron chi connectivity index (χ4n) is 3.79. The number of anilines is 1. The SMILES string of the molecule is CC1CN(CCC(=O)c2cn[nH]c2-c2ncccn2)CCN1c1cc(F)ccc1F. The Kier molecular flexibility index (Phi) is 5.80. The minimum absolute atomic E-state index is 0.00708. The van der Waals surface area contributed by atoms with E-state index in [2.05, 4.69) is 25.1 Å². The van der Waals surface area contributed by atoms with Crippen LogP contribution in [0, 0.1) is 11.6 Å². The first-order chi connectivity index (χ1) is 14.5. The van der Waals surface area contributed by atoms with Crippen LogP contribution in [-0.4, -0.2) is 63.1 Å². The van der Waals surface area contributed by atoms with Crippen LogP contribution in [0.1, 0.15) is 23.7 Å². The number of nitrogens with zero attached hydrogens (tertiary/aromatic N) is 5. The van der Waals surface area contributed by atoms with E-state index < -0.39 is 11.6 Å². The first-order valence-electron chi connectivity index (χ1n) is 9.81. The Morgan fingerprint density at radius 2 is 2.03 bits per heavy atom. The van der Waals surface area contributed by atoms with E-state index in [-0.39, 0.29) is 17.5 Å². The lowest BCUT2D eigenvalue weighted by molar-refractivity contribution is 0.0959. The van der Waals surface area contributed by atoms with Gasteiger partial charge in [0, 0.05) is 57.1 Å². The third-order valence-electron chi connectivity index (χ3n) is 5.31. The predicted molar refractivity (Wildman–Crippen MR) is 108 cm³/mol. The molecule has 0 amide bonds. The summed E-state index contributed by atoms with van der Waals surface area (Å²) in [5, 5.41) is 6.77. The van der Waals surface area contributed by atoms with E-state index in [0.717, 1.165) is 12.1 Å². The van der Waals surface area contributed by atoms with Crippen molar-refractivity contribution < 1.29 is 13.6 Å². The zero-order chi connectivity index (χ0) is 21.1. The molecule has 1 aliphatic rings. The van der Waals surface area contributed by atoms with Gasteiger partial charge in [0.25, 0.3) is 0 Å². The molecular formula is C21H22F2N6O. The number of Topliss-reactive ketones (excluding diaryl/α,β-unsaturated/α-hetero) is 1. The van der Waals surface area contributed by atoms with E-state index in [4.69, 9.17) is 0 Å². The second-order valence-corrected chi connectivity index (χ2v) is 7.34. The average molecular weight is 412 g/mol. The number of hydrogen-bond acceptors (Lipinski definition) is 6. The molecule has 0 spiro atoms. The van der Waals surface area contributed by atoms with E-state index in [1.54, 1.807) is 18.5 Å². The number of piperazine rings is 1. The van der Waals surface area contributed by atoms with Crippen molar-refractivity contribution in [3.05, 3.63) is 60.1 Å². The lowest BCUT2D eigenvalue weighted by atomic mass is 10.1. The average Bonchev–Trinajstić information content (AvgIpc) is 3.25. The van der Waals surface area contributed by atoms with Gasteiger partial charge in [-0.1, -0.05) is 0 Å². The highest BCUT2D eigenvalue weighted by Crippen LogP contribution is 2.25. The van der Waals surface area contributed by atoms with Gasteiger partial charge in [-0.05, 0) is 25.1 Å². The van der Waals surface area contributed by atoms with Crippen LogP contribution in [0.3, 0.4) is 0 Å². The highest BCUT2D eigenvalue weighted by molar-refractivity contribution is 6.00. The Hall–Kier alpha value is -3.20. The lowest BCUT2D eigenvalue weighted by Crippen LogP contribution is -2.52. The maximum Gasteiger partial charge on any atom is 0.178 e. The van der Waals surface area contributed by atoms with E-state index in [1.165, 1.54) is 12.3 Å². The number of nitrogens with one attached hydrogen (secondary N) is 1. The second kappa shape index (κ2) is 8.66. The third kappa shape index (κ3) is 4.20. The monoisotopic (exact) mass is 412 g/mol. The van der Waals surface area contributed by atoms with Gasteiger partial charge in [0.15, 0.2) is 11.6 Å². The van der Waals surface area contributed by atoms with E-state index >= 15 is 0 Å². The van der Waals surface area contributed by atoms with Crippen molar-refractivity contribution in [1.82, 2.24) is 25.1 Å². The van der Waals surface area contributed by atoms with Gasteiger partial charge in [0.2, 0.25) is 0 Å². The van der Waals surface area contributed by atoms with Gasteiger partial charge in [0.05, 0.1) is 17.4 Å². The molecule has 2 aromatic heterocycles. The van der Waals surface area contributed by atoms with Crippen molar-refractivity contribution in [3.8, 4) is 11.5 Å². The highest BCUT2D eigenvalue weighted by atomic mass is 19.1. The number of aromatic amines is 1. The van der Waals surface area contributed by atoms with Crippen LogP contribution >= 0.6 is 0 Å². The maximum absolute atomic E-state index is 14.1. The minimum atomic E-state index is -0.454. The van der Waals surface area contributed by atoms with Gasteiger partial charge in [-0.25, -0.2) is 18.7 Å². The topological polar surface area (TPSA) is 78.0 Å². The quantitative estimate of drug-likeness (QED) is 0.628. The summed E-state index contributed by atoms with van der Waals surface area (Å²) in [5.74, 6) is -0.498. The Balaban J connectivity index is 1.37. The van der Waals surface area contributed by atoms with Crippen molar-refractivity contribution in [2.45, 2.75) is 19.4 Å². The van der Waals surface area contributed by atoms with Gasteiger partial charge in [-0.2, -0.15) is 5.10 Å². The summed E-state index contributed by atoms with van der Waals surface area (Å²) in [5.41, 5.74) is 1.26. The van der Waals surface area contributed by atoms with Crippen molar-refractivity contribution in [2.75, 3.05) is 31.1 Å². The molecule has 1 atom stereocenters. The summed E-state index contributed by atoms with van der Waals surface area (Å²) in [4.78, 5) is 25.1.